The quantitative estimate of drug-likeness (QED) is 0.588. The first-order valence-electron chi connectivity index (χ1n) is 4.70. The summed E-state index contributed by atoms with van der Waals surface area (Å²) in [4.78, 5) is 12.2. The number of esters is 1. The maximum atomic E-state index is 11.5. The smallest absolute Gasteiger partial charge is 0.309 e. The minimum Gasteiger partial charge on any atom is -0.469 e. The molecule has 1 aliphatic carbocycles. The molecule has 0 spiro atoms. The lowest BCUT2D eigenvalue weighted by molar-refractivity contribution is -0.143. The average Bonchev–Trinajstić information content (AvgIpc) is 2.66. The van der Waals surface area contributed by atoms with E-state index in [1.54, 1.807) is 0 Å². The molecule has 2 nitrogen and oxygen atoms in total. The van der Waals surface area contributed by atoms with Gasteiger partial charge in [0.1, 0.15) is 0 Å². The highest BCUT2D eigenvalue weighted by Gasteiger charge is 2.65. The van der Waals surface area contributed by atoms with E-state index in [0.29, 0.717) is 15.6 Å². The number of rotatable bonds is 3. The van der Waals surface area contributed by atoms with Gasteiger partial charge in [0.15, 0.2) is 0 Å². The van der Waals surface area contributed by atoms with E-state index >= 15 is 0 Å². The molecule has 4 heteroatoms. The fourth-order valence-electron chi connectivity index (χ4n) is 2.13. The molecule has 82 valence electrons. The molecule has 1 rings (SSSR count). The first-order chi connectivity index (χ1) is 6.34. The van der Waals surface area contributed by atoms with Crippen molar-refractivity contribution in [3.8, 4) is 0 Å². The molecule has 0 aromatic carbocycles. The summed E-state index contributed by atoms with van der Waals surface area (Å²) in [5.74, 6) is 0.318. The van der Waals surface area contributed by atoms with Crippen LogP contribution in [0.2, 0.25) is 0 Å². The maximum Gasteiger partial charge on any atom is 0.309 e. The van der Waals surface area contributed by atoms with E-state index in [2.05, 4.69) is 52.6 Å². The van der Waals surface area contributed by atoms with Crippen molar-refractivity contribution >= 4 is 37.8 Å². The molecule has 0 saturated heterocycles. The second-order valence-electron chi connectivity index (χ2n) is 4.47. The summed E-state index contributed by atoms with van der Waals surface area (Å²) >= 11 is 7.16. The summed E-state index contributed by atoms with van der Waals surface area (Å²) in [5, 5.41) is 0. The molecule has 4 atom stereocenters. The van der Waals surface area contributed by atoms with Gasteiger partial charge in [-0.25, -0.2) is 0 Å². The predicted octanol–water partition coefficient (Wildman–Crippen LogP) is 2.98. The number of hydrogen-bond acceptors (Lipinski definition) is 2. The van der Waals surface area contributed by atoms with Crippen molar-refractivity contribution in [2.24, 2.45) is 17.3 Å². The van der Waals surface area contributed by atoms with Gasteiger partial charge >= 0.3 is 5.97 Å². The molecule has 0 amide bonds. The largest absolute Gasteiger partial charge is 0.469 e. The Morgan fingerprint density at radius 1 is 1.43 bits per heavy atom. The van der Waals surface area contributed by atoms with E-state index in [1.807, 2.05) is 0 Å². The second-order valence-corrected chi connectivity index (χ2v) is 6.97. The minimum absolute atomic E-state index is 0.0388. The van der Waals surface area contributed by atoms with Crippen LogP contribution in [-0.2, 0) is 9.53 Å². The third-order valence-electron chi connectivity index (χ3n) is 3.15. The minimum atomic E-state index is -0.0856. The number of halogens is 2. The van der Waals surface area contributed by atoms with Crippen LogP contribution in [0, 0.1) is 17.3 Å². The van der Waals surface area contributed by atoms with Crippen molar-refractivity contribution in [1.29, 1.82) is 0 Å². The molecule has 0 aliphatic heterocycles. The lowest BCUT2D eigenvalue weighted by atomic mass is 10.1. The summed E-state index contributed by atoms with van der Waals surface area (Å²) < 4.78 is 4.79. The number of carbonyl (C=O) groups is 1. The van der Waals surface area contributed by atoms with Crippen LogP contribution in [0.25, 0.3) is 0 Å². The van der Waals surface area contributed by atoms with Crippen LogP contribution in [0.3, 0.4) is 0 Å². The van der Waals surface area contributed by atoms with Gasteiger partial charge in [-0.1, -0.05) is 52.6 Å². The Labute approximate surface area is 102 Å². The van der Waals surface area contributed by atoms with Gasteiger partial charge in [-0.15, -0.1) is 0 Å². The molecule has 0 aromatic rings. The number of carbonyl (C=O) groups excluding carboxylic acids is 1. The van der Waals surface area contributed by atoms with E-state index in [0.717, 1.165) is 0 Å². The van der Waals surface area contributed by atoms with E-state index in [4.69, 9.17) is 4.74 Å². The van der Waals surface area contributed by atoms with Gasteiger partial charge in [0.05, 0.1) is 13.0 Å². The zero-order valence-corrected chi connectivity index (χ0v) is 12.1. The first kappa shape index (κ1) is 12.5. The maximum absolute atomic E-state index is 11.5. The normalized spacial score (nSPS) is 33.3. The lowest BCUT2D eigenvalue weighted by Gasteiger charge is -2.13. The van der Waals surface area contributed by atoms with Crippen LogP contribution in [0.4, 0.5) is 0 Å². The second kappa shape index (κ2) is 4.12. The third kappa shape index (κ3) is 2.01. The van der Waals surface area contributed by atoms with Crippen molar-refractivity contribution in [3.63, 3.8) is 0 Å². The molecule has 0 heterocycles. The van der Waals surface area contributed by atoms with Crippen molar-refractivity contribution < 1.29 is 9.53 Å². The lowest BCUT2D eigenvalue weighted by Crippen LogP contribution is -2.16. The highest BCUT2D eigenvalue weighted by Crippen LogP contribution is 2.62. The molecular formula is C10H16Br2O2. The molecule has 14 heavy (non-hydrogen) atoms. The average molecular weight is 328 g/mol. The van der Waals surface area contributed by atoms with Crippen molar-refractivity contribution in [2.75, 3.05) is 7.11 Å². The molecular weight excluding hydrogens is 312 g/mol. The first-order valence-corrected chi connectivity index (χ1v) is 6.53. The molecule has 1 aliphatic rings. The van der Waals surface area contributed by atoms with Crippen molar-refractivity contribution in [1.82, 2.24) is 0 Å². The van der Waals surface area contributed by atoms with Crippen LogP contribution < -0.4 is 0 Å². The topological polar surface area (TPSA) is 26.3 Å². The highest BCUT2D eigenvalue weighted by atomic mass is 79.9. The summed E-state index contributed by atoms with van der Waals surface area (Å²) in [6.07, 6.45) is 0. The van der Waals surface area contributed by atoms with E-state index < -0.39 is 0 Å². The number of methoxy groups -OCH3 is 1. The van der Waals surface area contributed by atoms with E-state index in [-0.39, 0.29) is 17.3 Å². The summed E-state index contributed by atoms with van der Waals surface area (Å²) in [6.45, 7) is 6.31. The van der Waals surface area contributed by atoms with Gasteiger partial charge < -0.3 is 4.74 Å². The Bertz CT molecular complexity index is 238. The van der Waals surface area contributed by atoms with Gasteiger partial charge in [-0.05, 0) is 11.3 Å². The van der Waals surface area contributed by atoms with Gasteiger partial charge in [-0.2, -0.15) is 0 Å². The third-order valence-corrected chi connectivity index (χ3v) is 5.79. The van der Waals surface area contributed by atoms with Crippen molar-refractivity contribution in [2.45, 2.75) is 30.4 Å². The summed E-state index contributed by atoms with van der Waals surface area (Å²) in [5.41, 5.74) is 0.0588. The molecule has 0 aromatic heterocycles. The van der Waals surface area contributed by atoms with Gasteiger partial charge in [-0.3, -0.25) is 4.79 Å². The van der Waals surface area contributed by atoms with Crippen LogP contribution in [0.15, 0.2) is 0 Å². The molecule has 0 radical (unpaired) electrons. The Morgan fingerprint density at radius 2 is 1.93 bits per heavy atom. The number of alkyl halides is 2. The Kier molecular flexibility index (Phi) is 3.68. The standard InChI is InChI=1S/C10H16Br2O2/c1-5(11)8(12)6-7(9(13)14-4)10(6,2)3/h5-8H,1-4H3/t5?,6?,7-,8?/m0/s1. The predicted molar refractivity (Wildman–Crippen MR) is 63.9 cm³/mol. The Morgan fingerprint density at radius 3 is 2.29 bits per heavy atom. The van der Waals surface area contributed by atoms with Gasteiger partial charge in [0.2, 0.25) is 0 Å². The van der Waals surface area contributed by atoms with Crippen LogP contribution >= 0.6 is 31.9 Å². The molecule has 1 saturated carbocycles. The number of hydrogen-bond donors (Lipinski definition) is 0. The van der Waals surface area contributed by atoms with E-state index in [9.17, 15) is 4.79 Å². The van der Waals surface area contributed by atoms with Gasteiger partial charge in [0.25, 0.3) is 0 Å². The van der Waals surface area contributed by atoms with Crippen LogP contribution in [-0.4, -0.2) is 22.7 Å². The number of ether oxygens (including phenoxy) is 1. The Hall–Kier alpha value is 0.430. The zero-order chi connectivity index (χ0) is 11.1. The Balaban J connectivity index is 2.70. The van der Waals surface area contributed by atoms with Crippen molar-refractivity contribution in [3.05, 3.63) is 0 Å². The molecule has 0 N–H and O–H groups in total. The fraction of sp³-hybridized carbons (Fsp3) is 0.900. The summed E-state index contributed by atoms with van der Waals surface area (Å²) in [6, 6.07) is 0. The molecule has 0 bridgehead atoms. The van der Waals surface area contributed by atoms with E-state index in [1.165, 1.54) is 7.11 Å². The summed E-state index contributed by atoms with van der Waals surface area (Å²) in [7, 11) is 1.45. The highest BCUT2D eigenvalue weighted by molar-refractivity contribution is 9.12. The molecule has 3 unspecified atom stereocenters. The van der Waals surface area contributed by atoms with Crippen LogP contribution in [0.5, 0.6) is 0 Å². The fourth-order valence-corrected chi connectivity index (χ4v) is 3.45. The SMILES string of the molecule is COC(=O)[C@@H]1C(C(Br)C(C)Br)C1(C)C. The van der Waals surface area contributed by atoms with Gasteiger partial charge in [0, 0.05) is 9.65 Å². The monoisotopic (exact) mass is 326 g/mol. The molecule has 1 fully saturated rings. The zero-order valence-electron chi connectivity index (χ0n) is 8.88. The van der Waals surface area contributed by atoms with Crippen LogP contribution in [0.1, 0.15) is 20.8 Å².